The molecule has 0 aromatic heterocycles. The molecule has 19 heavy (non-hydrogen) atoms. The third kappa shape index (κ3) is 3.38. The Morgan fingerprint density at radius 2 is 2.11 bits per heavy atom. The van der Waals surface area contributed by atoms with Crippen molar-refractivity contribution in [2.75, 3.05) is 20.2 Å². The fourth-order valence-corrected chi connectivity index (χ4v) is 2.38. The molecule has 0 unspecified atom stereocenters. The summed E-state index contributed by atoms with van der Waals surface area (Å²) in [4.78, 5) is 13.0. The number of hydrogen-bond acceptors (Lipinski definition) is 4. The number of methoxy groups -OCH3 is 1. The molecule has 2 rings (SSSR count). The molecule has 0 radical (unpaired) electrons. The number of piperidine rings is 1. The SMILES string of the molecule is COc1ccc(CN2CCC(C(=O)O)CC2)c(O)c1. The largest absolute Gasteiger partial charge is 0.507 e. The van der Waals surface area contributed by atoms with Crippen LogP contribution in [0.2, 0.25) is 0 Å². The standard InChI is InChI=1S/C14H19NO4/c1-19-12-3-2-11(13(16)8-12)9-15-6-4-10(5-7-15)14(17)18/h2-3,8,10,16H,4-7,9H2,1H3,(H,17,18). The number of ether oxygens (including phenoxy) is 1. The molecular formula is C14H19NO4. The number of nitrogens with zero attached hydrogens (tertiary/aromatic N) is 1. The first-order valence-corrected chi connectivity index (χ1v) is 6.41. The van der Waals surface area contributed by atoms with Crippen molar-refractivity contribution in [2.24, 2.45) is 5.92 Å². The van der Waals surface area contributed by atoms with E-state index in [1.54, 1.807) is 13.2 Å². The van der Waals surface area contributed by atoms with Crippen LogP contribution in [0.1, 0.15) is 18.4 Å². The zero-order valence-electron chi connectivity index (χ0n) is 11.0. The number of aliphatic carboxylic acids is 1. The van der Waals surface area contributed by atoms with Crippen LogP contribution in [0.5, 0.6) is 11.5 Å². The van der Waals surface area contributed by atoms with Crippen LogP contribution in [0.3, 0.4) is 0 Å². The highest BCUT2D eigenvalue weighted by molar-refractivity contribution is 5.70. The number of aromatic hydroxyl groups is 1. The van der Waals surface area contributed by atoms with Gasteiger partial charge in [-0.25, -0.2) is 0 Å². The van der Waals surface area contributed by atoms with E-state index in [-0.39, 0.29) is 11.7 Å². The van der Waals surface area contributed by atoms with Crippen LogP contribution in [0.4, 0.5) is 0 Å². The molecule has 5 heteroatoms. The normalized spacial score (nSPS) is 17.3. The van der Waals surface area contributed by atoms with Crippen molar-refractivity contribution in [3.05, 3.63) is 23.8 Å². The van der Waals surface area contributed by atoms with E-state index in [0.717, 1.165) is 18.7 Å². The van der Waals surface area contributed by atoms with Crippen LogP contribution in [0.15, 0.2) is 18.2 Å². The Morgan fingerprint density at radius 3 is 2.63 bits per heavy atom. The van der Waals surface area contributed by atoms with Gasteiger partial charge in [-0.05, 0) is 32.0 Å². The molecule has 0 bridgehead atoms. The van der Waals surface area contributed by atoms with Crippen LogP contribution in [0, 0.1) is 5.92 Å². The van der Waals surface area contributed by atoms with Gasteiger partial charge in [0.2, 0.25) is 0 Å². The quantitative estimate of drug-likeness (QED) is 0.867. The van der Waals surface area contributed by atoms with Crippen molar-refractivity contribution >= 4 is 5.97 Å². The first-order chi connectivity index (χ1) is 9.10. The van der Waals surface area contributed by atoms with Gasteiger partial charge >= 0.3 is 5.97 Å². The molecule has 1 heterocycles. The number of phenols is 1. The molecule has 0 spiro atoms. The fraction of sp³-hybridized carbons (Fsp3) is 0.500. The van der Waals surface area contributed by atoms with E-state index in [9.17, 15) is 9.90 Å². The second-order valence-electron chi connectivity index (χ2n) is 4.88. The van der Waals surface area contributed by atoms with Crippen LogP contribution in [-0.2, 0) is 11.3 Å². The minimum Gasteiger partial charge on any atom is -0.507 e. The smallest absolute Gasteiger partial charge is 0.306 e. The highest BCUT2D eigenvalue weighted by Gasteiger charge is 2.24. The van der Waals surface area contributed by atoms with E-state index in [0.29, 0.717) is 25.1 Å². The van der Waals surface area contributed by atoms with Gasteiger partial charge in [0, 0.05) is 18.2 Å². The molecule has 1 aliphatic heterocycles. The van der Waals surface area contributed by atoms with Crippen molar-refractivity contribution in [3.63, 3.8) is 0 Å². The van der Waals surface area contributed by atoms with Gasteiger partial charge in [-0.3, -0.25) is 9.69 Å². The first-order valence-electron chi connectivity index (χ1n) is 6.41. The number of likely N-dealkylation sites (tertiary alicyclic amines) is 1. The summed E-state index contributed by atoms with van der Waals surface area (Å²) >= 11 is 0. The monoisotopic (exact) mass is 265 g/mol. The van der Waals surface area contributed by atoms with Gasteiger partial charge in [-0.2, -0.15) is 0 Å². The van der Waals surface area contributed by atoms with Gasteiger partial charge in [0.25, 0.3) is 0 Å². The lowest BCUT2D eigenvalue weighted by molar-refractivity contribution is -0.143. The number of phenolic OH excluding ortho intramolecular Hbond substituents is 1. The summed E-state index contributed by atoms with van der Waals surface area (Å²) in [7, 11) is 1.56. The van der Waals surface area contributed by atoms with E-state index in [1.165, 1.54) is 0 Å². The van der Waals surface area contributed by atoms with Crippen LogP contribution >= 0.6 is 0 Å². The van der Waals surface area contributed by atoms with Crippen molar-refractivity contribution < 1.29 is 19.7 Å². The molecule has 2 N–H and O–H groups in total. The summed E-state index contributed by atoms with van der Waals surface area (Å²) in [6, 6.07) is 5.26. The number of hydrogen-bond donors (Lipinski definition) is 2. The Balaban J connectivity index is 1.94. The number of benzene rings is 1. The van der Waals surface area contributed by atoms with Gasteiger partial charge < -0.3 is 14.9 Å². The molecule has 1 saturated heterocycles. The molecule has 1 aromatic rings. The second-order valence-corrected chi connectivity index (χ2v) is 4.88. The van der Waals surface area contributed by atoms with Gasteiger partial charge in [0.05, 0.1) is 13.0 Å². The van der Waals surface area contributed by atoms with Gasteiger partial charge in [0.1, 0.15) is 11.5 Å². The third-order valence-corrected chi connectivity index (χ3v) is 3.62. The zero-order chi connectivity index (χ0) is 13.8. The predicted molar refractivity (Wildman–Crippen MR) is 70.3 cm³/mol. The molecule has 0 aliphatic carbocycles. The Kier molecular flexibility index (Phi) is 4.27. The van der Waals surface area contributed by atoms with E-state index < -0.39 is 5.97 Å². The van der Waals surface area contributed by atoms with Crippen molar-refractivity contribution in [1.29, 1.82) is 0 Å². The van der Waals surface area contributed by atoms with Gasteiger partial charge in [-0.1, -0.05) is 6.07 Å². The Hall–Kier alpha value is -1.75. The lowest BCUT2D eigenvalue weighted by Gasteiger charge is -2.30. The maximum atomic E-state index is 10.9. The topological polar surface area (TPSA) is 70.0 Å². The molecule has 1 fully saturated rings. The summed E-state index contributed by atoms with van der Waals surface area (Å²) in [6.07, 6.45) is 1.35. The maximum absolute atomic E-state index is 10.9. The van der Waals surface area contributed by atoms with E-state index in [1.807, 2.05) is 12.1 Å². The minimum atomic E-state index is -0.702. The molecule has 5 nitrogen and oxygen atoms in total. The lowest BCUT2D eigenvalue weighted by Crippen LogP contribution is -2.35. The summed E-state index contributed by atoms with van der Waals surface area (Å²) in [5.74, 6) is -0.0711. The highest BCUT2D eigenvalue weighted by Crippen LogP contribution is 2.26. The summed E-state index contributed by atoms with van der Waals surface area (Å²) < 4.78 is 5.04. The fourth-order valence-electron chi connectivity index (χ4n) is 2.38. The van der Waals surface area contributed by atoms with Gasteiger partial charge in [-0.15, -0.1) is 0 Å². The van der Waals surface area contributed by atoms with Crippen molar-refractivity contribution in [3.8, 4) is 11.5 Å². The molecule has 0 atom stereocenters. The average molecular weight is 265 g/mol. The highest BCUT2D eigenvalue weighted by atomic mass is 16.5. The van der Waals surface area contributed by atoms with Crippen LogP contribution < -0.4 is 4.74 Å². The summed E-state index contributed by atoms with van der Waals surface area (Å²) in [5.41, 5.74) is 0.842. The molecule has 1 aromatic carbocycles. The van der Waals surface area contributed by atoms with Crippen molar-refractivity contribution in [2.45, 2.75) is 19.4 Å². The predicted octanol–water partition coefficient (Wildman–Crippen LogP) is 1.70. The van der Waals surface area contributed by atoms with Crippen LogP contribution in [0.25, 0.3) is 0 Å². The number of carboxylic acids is 1. The molecule has 1 aliphatic rings. The second kappa shape index (κ2) is 5.93. The number of carboxylic acid groups (broad SMARTS) is 1. The molecular weight excluding hydrogens is 246 g/mol. The van der Waals surface area contributed by atoms with E-state index >= 15 is 0 Å². The van der Waals surface area contributed by atoms with Crippen LogP contribution in [-0.4, -0.2) is 41.3 Å². The Morgan fingerprint density at radius 1 is 1.42 bits per heavy atom. The number of carbonyl (C=O) groups is 1. The molecule has 104 valence electrons. The average Bonchev–Trinajstić information content (AvgIpc) is 2.41. The summed E-state index contributed by atoms with van der Waals surface area (Å²) in [5, 5.41) is 18.8. The van der Waals surface area contributed by atoms with Crippen molar-refractivity contribution in [1.82, 2.24) is 4.90 Å². The zero-order valence-corrected chi connectivity index (χ0v) is 11.0. The Labute approximate surface area is 112 Å². The lowest BCUT2D eigenvalue weighted by atomic mass is 9.97. The van der Waals surface area contributed by atoms with E-state index in [4.69, 9.17) is 9.84 Å². The Bertz CT molecular complexity index is 453. The minimum absolute atomic E-state index is 0.222. The first kappa shape index (κ1) is 13.7. The number of rotatable bonds is 4. The molecule has 0 amide bonds. The summed E-state index contributed by atoms with van der Waals surface area (Å²) in [6.45, 7) is 2.15. The third-order valence-electron chi connectivity index (χ3n) is 3.62. The maximum Gasteiger partial charge on any atom is 0.306 e. The molecule has 0 saturated carbocycles. The van der Waals surface area contributed by atoms with Gasteiger partial charge in [0.15, 0.2) is 0 Å². The van der Waals surface area contributed by atoms with E-state index in [2.05, 4.69) is 4.90 Å².